The lowest BCUT2D eigenvalue weighted by Gasteiger charge is -2.16. The van der Waals surface area contributed by atoms with Crippen LogP contribution in [-0.2, 0) is 11.3 Å². The molecule has 0 aliphatic carbocycles. The molecule has 0 unspecified atom stereocenters. The zero-order valence-electron chi connectivity index (χ0n) is 13.8. The standard InChI is InChI=1S/C19H23N3O2/c1-2-11-21-19(24)16-10-6-7-14(12-16)13-22-17(18(20)23)15-8-4-3-5-9-15/h3-10,12,17,22H,2,11,13H2,1H3,(H2,20,23)(H,21,24)/t17-/m1/s1. The van der Waals surface area contributed by atoms with Crippen molar-refractivity contribution in [1.82, 2.24) is 10.6 Å². The SMILES string of the molecule is CCCNC(=O)c1cccc(CN[C@@H](C(N)=O)c2ccccc2)c1. The highest BCUT2D eigenvalue weighted by molar-refractivity contribution is 5.94. The quantitative estimate of drug-likeness (QED) is 0.695. The molecule has 5 heteroatoms. The van der Waals surface area contributed by atoms with Crippen LogP contribution in [0.4, 0.5) is 0 Å². The van der Waals surface area contributed by atoms with Crippen LogP contribution in [0.3, 0.4) is 0 Å². The molecule has 2 rings (SSSR count). The van der Waals surface area contributed by atoms with Crippen LogP contribution < -0.4 is 16.4 Å². The topological polar surface area (TPSA) is 84.2 Å². The van der Waals surface area contributed by atoms with Gasteiger partial charge in [-0.15, -0.1) is 0 Å². The zero-order chi connectivity index (χ0) is 17.4. The minimum Gasteiger partial charge on any atom is -0.368 e. The average Bonchev–Trinajstić information content (AvgIpc) is 2.60. The minimum atomic E-state index is -0.566. The first kappa shape index (κ1) is 17.7. The van der Waals surface area contributed by atoms with E-state index in [4.69, 9.17) is 5.73 Å². The molecule has 2 aromatic rings. The van der Waals surface area contributed by atoms with Gasteiger partial charge in [0, 0.05) is 18.7 Å². The fraction of sp³-hybridized carbons (Fsp3) is 0.263. The summed E-state index contributed by atoms with van der Waals surface area (Å²) < 4.78 is 0. The fourth-order valence-corrected chi connectivity index (χ4v) is 2.41. The Morgan fingerprint density at radius 3 is 2.50 bits per heavy atom. The molecule has 0 aromatic heterocycles. The van der Waals surface area contributed by atoms with Crippen molar-refractivity contribution in [2.45, 2.75) is 25.9 Å². The summed E-state index contributed by atoms with van der Waals surface area (Å²) in [4.78, 5) is 23.7. The molecule has 0 aliphatic heterocycles. The number of nitrogens with one attached hydrogen (secondary N) is 2. The van der Waals surface area contributed by atoms with Gasteiger partial charge in [-0.3, -0.25) is 14.9 Å². The highest BCUT2D eigenvalue weighted by atomic mass is 16.2. The van der Waals surface area contributed by atoms with Gasteiger partial charge in [-0.05, 0) is 29.7 Å². The Kier molecular flexibility index (Phi) is 6.51. The van der Waals surface area contributed by atoms with Crippen LogP contribution in [-0.4, -0.2) is 18.4 Å². The molecule has 0 spiro atoms. The molecule has 0 saturated carbocycles. The van der Waals surface area contributed by atoms with Gasteiger partial charge in [0.15, 0.2) is 0 Å². The van der Waals surface area contributed by atoms with Gasteiger partial charge in [0.1, 0.15) is 6.04 Å². The maximum Gasteiger partial charge on any atom is 0.251 e. The predicted molar refractivity (Wildman–Crippen MR) is 94.3 cm³/mol. The van der Waals surface area contributed by atoms with Crippen LogP contribution in [0.2, 0.25) is 0 Å². The second-order valence-corrected chi connectivity index (χ2v) is 5.58. The molecular weight excluding hydrogens is 302 g/mol. The van der Waals surface area contributed by atoms with E-state index in [9.17, 15) is 9.59 Å². The summed E-state index contributed by atoms with van der Waals surface area (Å²) in [5.74, 6) is -0.522. The Morgan fingerprint density at radius 1 is 1.08 bits per heavy atom. The van der Waals surface area contributed by atoms with E-state index in [0.29, 0.717) is 18.7 Å². The first-order valence-corrected chi connectivity index (χ1v) is 8.06. The highest BCUT2D eigenvalue weighted by Gasteiger charge is 2.16. The summed E-state index contributed by atoms with van der Waals surface area (Å²) in [7, 11) is 0. The summed E-state index contributed by atoms with van der Waals surface area (Å²) in [5.41, 5.74) is 7.85. The molecule has 126 valence electrons. The van der Waals surface area contributed by atoms with Crippen LogP contribution in [0.25, 0.3) is 0 Å². The van der Waals surface area contributed by atoms with E-state index in [0.717, 1.165) is 17.5 Å². The van der Waals surface area contributed by atoms with E-state index in [2.05, 4.69) is 10.6 Å². The molecule has 0 fully saturated rings. The van der Waals surface area contributed by atoms with Crippen molar-refractivity contribution in [2.24, 2.45) is 5.73 Å². The second-order valence-electron chi connectivity index (χ2n) is 5.58. The molecule has 0 heterocycles. The third-order valence-corrected chi connectivity index (χ3v) is 3.65. The Balaban J connectivity index is 2.05. The Morgan fingerprint density at radius 2 is 1.83 bits per heavy atom. The maximum atomic E-state index is 12.0. The van der Waals surface area contributed by atoms with E-state index in [-0.39, 0.29) is 5.91 Å². The molecule has 0 bridgehead atoms. The molecule has 2 aromatic carbocycles. The van der Waals surface area contributed by atoms with Gasteiger partial charge in [-0.25, -0.2) is 0 Å². The van der Waals surface area contributed by atoms with Gasteiger partial charge >= 0.3 is 0 Å². The zero-order valence-corrected chi connectivity index (χ0v) is 13.8. The van der Waals surface area contributed by atoms with E-state index >= 15 is 0 Å². The number of carbonyl (C=O) groups excluding carboxylic acids is 2. The van der Waals surface area contributed by atoms with Crippen LogP contribution >= 0.6 is 0 Å². The van der Waals surface area contributed by atoms with Crippen molar-refractivity contribution in [2.75, 3.05) is 6.54 Å². The number of nitrogens with two attached hydrogens (primary N) is 1. The van der Waals surface area contributed by atoms with Gasteiger partial charge < -0.3 is 11.1 Å². The number of carbonyl (C=O) groups is 2. The third-order valence-electron chi connectivity index (χ3n) is 3.65. The number of hydrogen-bond donors (Lipinski definition) is 3. The second kappa shape index (κ2) is 8.84. The molecule has 2 amide bonds. The minimum absolute atomic E-state index is 0.0896. The molecule has 0 saturated heterocycles. The molecule has 5 nitrogen and oxygen atoms in total. The molecule has 0 aliphatic rings. The van der Waals surface area contributed by atoms with Crippen molar-refractivity contribution < 1.29 is 9.59 Å². The first-order chi connectivity index (χ1) is 11.6. The van der Waals surface area contributed by atoms with E-state index in [1.807, 2.05) is 55.5 Å². The lowest BCUT2D eigenvalue weighted by Crippen LogP contribution is -2.33. The van der Waals surface area contributed by atoms with Gasteiger partial charge in [-0.2, -0.15) is 0 Å². The number of benzene rings is 2. The summed E-state index contributed by atoms with van der Waals surface area (Å²) in [6.07, 6.45) is 0.893. The number of rotatable bonds is 8. The van der Waals surface area contributed by atoms with Crippen LogP contribution in [0, 0.1) is 0 Å². The van der Waals surface area contributed by atoms with Crippen molar-refractivity contribution in [3.63, 3.8) is 0 Å². The van der Waals surface area contributed by atoms with Crippen LogP contribution in [0.1, 0.15) is 40.9 Å². The van der Waals surface area contributed by atoms with Gasteiger partial charge in [0.2, 0.25) is 5.91 Å². The Bertz CT molecular complexity index is 686. The van der Waals surface area contributed by atoms with E-state index in [1.54, 1.807) is 6.07 Å². The third kappa shape index (κ3) is 4.93. The maximum absolute atomic E-state index is 12.0. The van der Waals surface area contributed by atoms with Gasteiger partial charge in [0.05, 0.1) is 0 Å². The summed E-state index contributed by atoms with van der Waals surface area (Å²) in [5, 5.41) is 6.01. The molecular formula is C19H23N3O2. The average molecular weight is 325 g/mol. The van der Waals surface area contributed by atoms with Crippen LogP contribution in [0.15, 0.2) is 54.6 Å². The molecule has 24 heavy (non-hydrogen) atoms. The van der Waals surface area contributed by atoms with E-state index < -0.39 is 11.9 Å². The smallest absolute Gasteiger partial charge is 0.251 e. The van der Waals surface area contributed by atoms with Crippen molar-refractivity contribution in [3.8, 4) is 0 Å². The summed E-state index contributed by atoms with van der Waals surface area (Å²) in [6.45, 7) is 3.10. The summed E-state index contributed by atoms with van der Waals surface area (Å²) >= 11 is 0. The van der Waals surface area contributed by atoms with E-state index in [1.165, 1.54) is 0 Å². The fourth-order valence-electron chi connectivity index (χ4n) is 2.41. The largest absolute Gasteiger partial charge is 0.368 e. The van der Waals surface area contributed by atoms with Gasteiger partial charge in [0.25, 0.3) is 5.91 Å². The Hall–Kier alpha value is -2.66. The normalized spacial score (nSPS) is 11.7. The predicted octanol–water partition coefficient (Wildman–Crippen LogP) is 2.14. The van der Waals surface area contributed by atoms with Crippen LogP contribution in [0.5, 0.6) is 0 Å². The number of primary amides is 1. The first-order valence-electron chi connectivity index (χ1n) is 8.06. The molecule has 1 atom stereocenters. The highest BCUT2D eigenvalue weighted by Crippen LogP contribution is 2.13. The molecule has 0 radical (unpaired) electrons. The Labute approximate surface area is 142 Å². The van der Waals surface area contributed by atoms with Crippen molar-refractivity contribution in [3.05, 3.63) is 71.3 Å². The lowest BCUT2D eigenvalue weighted by atomic mass is 10.1. The van der Waals surface area contributed by atoms with Crippen molar-refractivity contribution >= 4 is 11.8 Å². The summed E-state index contributed by atoms with van der Waals surface area (Å²) in [6, 6.07) is 16.1. The van der Waals surface area contributed by atoms with Crippen molar-refractivity contribution in [1.29, 1.82) is 0 Å². The number of amides is 2. The lowest BCUT2D eigenvalue weighted by molar-refractivity contribution is -0.120. The monoisotopic (exact) mass is 325 g/mol. The van der Waals surface area contributed by atoms with Gasteiger partial charge in [-0.1, -0.05) is 49.4 Å². The molecule has 4 N–H and O–H groups in total. The number of hydrogen-bond acceptors (Lipinski definition) is 3.